The number of fused-ring (bicyclic) bond motifs is 1. The number of non-ortho nitro benzene ring substituents is 1. The van der Waals surface area contributed by atoms with Gasteiger partial charge >= 0.3 is 6.18 Å². The van der Waals surface area contributed by atoms with Crippen molar-refractivity contribution in [2.45, 2.75) is 11.1 Å². The standard InChI is InChI=1S/C16H10F3N3O4S/c17-16(18,19)13-6-7-14(15-12(13)5-2-8-20-15)21-27(25,26)11-4-1-3-10(9-11)22(23)24/h1-9,21H. The third kappa shape index (κ3) is 3.67. The molecule has 3 aromatic rings. The Kier molecular flexibility index (Phi) is 4.47. The molecule has 0 bridgehead atoms. The number of nitro groups is 1. The molecule has 11 heteroatoms. The molecule has 27 heavy (non-hydrogen) atoms. The second-order valence-corrected chi connectivity index (χ2v) is 7.10. The fourth-order valence-corrected chi connectivity index (χ4v) is 3.58. The molecule has 0 spiro atoms. The Morgan fingerprint density at radius 3 is 2.48 bits per heavy atom. The quantitative estimate of drug-likeness (QED) is 0.530. The minimum absolute atomic E-state index is 0.176. The summed E-state index contributed by atoms with van der Waals surface area (Å²) in [5, 5.41) is 10.5. The fourth-order valence-electron chi connectivity index (χ4n) is 2.47. The van der Waals surface area contributed by atoms with E-state index in [1.54, 1.807) is 0 Å². The highest BCUT2D eigenvalue weighted by atomic mass is 32.2. The maximum absolute atomic E-state index is 13.1. The van der Waals surface area contributed by atoms with Gasteiger partial charge in [0.2, 0.25) is 0 Å². The molecule has 1 aromatic heterocycles. The number of nitrogens with zero attached hydrogens (tertiary/aromatic N) is 2. The summed E-state index contributed by atoms with van der Waals surface area (Å²) >= 11 is 0. The lowest BCUT2D eigenvalue weighted by Gasteiger charge is -2.14. The summed E-state index contributed by atoms with van der Waals surface area (Å²) in [5.41, 5.74) is -1.76. The van der Waals surface area contributed by atoms with E-state index in [1.807, 2.05) is 0 Å². The minimum atomic E-state index is -4.64. The predicted octanol–water partition coefficient (Wildman–Crippen LogP) is 3.96. The third-order valence-electron chi connectivity index (χ3n) is 3.66. The van der Waals surface area contributed by atoms with Crippen LogP contribution >= 0.6 is 0 Å². The summed E-state index contributed by atoms with van der Waals surface area (Å²) in [6.45, 7) is 0. The number of nitro benzene ring substituents is 1. The molecule has 0 fully saturated rings. The number of halogens is 3. The van der Waals surface area contributed by atoms with Crippen LogP contribution in [0.4, 0.5) is 24.5 Å². The van der Waals surface area contributed by atoms with Gasteiger partial charge in [-0.2, -0.15) is 13.2 Å². The van der Waals surface area contributed by atoms with Crippen molar-refractivity contribution in [2.24, 2.45) is 0 Å². The number of sulfonamides is 1. The van der Waals surface area contributed by atoms with E-state index < -0.39 is 37.3 Å². The van der Waals surface area contributed by atoms with Gasteiger partial charge in [-0.1, -0.05) is 12.1 Å². The molecule has 0 amide bonds. The van der Waals surface area contributed by atoms with Crippen molar-refractivity contribution in [3.63, 3.8) is 0 Å². The summed E-state index contributed by atoms with van der Waals surface area (Å²) in [4.78, 5) is 13.5. The number of aromatic nitrogens is 1. The van der Waals surface area contributed by atoms with Gasteiger partial charge < -0.3 is 0 Å². The zero-order chi connectivity index (χ0) is 19.8. The maximum Gasteiger partial charge on any atom is 0.417 e. The van der Waals surface area contributed by atoms with E-state index in [4.69, 9.17) is 0 Å². The highest BCUT2D eigenvalue weighted by Gasteiger charge is 2.33. The van der Waals surface area contributed by atoms with E-state index in [1.165, 1.54) is 24.4 Å². The predicted molar refractivity (Wildman–Crippen MR) is 90.6 cm³/mol. The first-order valence-electron chi connectivity index (χ1n) is 7.32. The second kappa shape index (κ2) is 6.50. The van der Waals surface area contributed by atoms with E-state index in [9.17, 15) is 31.7 Å². The normalized spacial score (nSPS) is 12.1. The Balaban J connectivity index is 2.09. The molecule has 2 aromatic carbocycles. The Hall–Kier alpha value is -3.21. The molecule has 0 saturated carbocycles. The summed E-state index contributed by atoms with van der Waals surface area (Å²) in [6, 6.07) is 8.47. The molecule has 7 nitrogen and oxygen atoms in total. The first kappa shape index (κ1) is 18.6. The van der Waals surface area contributed by atoms with Crippen molar-refractivity contribution >= 4 is 32.3 Å². The molecule has 140 valence electrons. The Labute approximate surface area is 150 Å². The summed E-state index contributed by atoms with van der Waals surface area (Å²) < 4.78 is 66.6. The number of benzene rings is 2. The molecular weight excluding hydrogens is 387 g/mol. The first-order chi connectivity index (χ1) is 12.6. The SMILES string of the molecule is O=[N+]([O-])c1cccc(S(=O)(=O)Nc2ccc(C(F)(F)F)c3cccnc23)c1. The lowest BCUT2D eigenvalue weighted by molar-refractivity contribution is -0.385. The molecular formula is C16H10F3N3O4S. The summed E-state index contributed by atoms with van der Waals surface area (Å²) in [6.07, 6.45) is -3.41. The molecule has 1 N–H and O–H groups in total. The van der Waals surface area contributed by atoms with Crippen molar-refractivity contribution in [2.75, 3.05) is 4.72 Å². The summed E-state index contributed by atoms with van der Waals surface area (Å²) in [5.74, 6) is 0. The van der Waals surface area contributed by atoms with Gasteiger partial charge in [-0.3, -0.25) is 19.8 Å². The van der Waals surface area contributed by atoms with Crippen molar-refractivity contribution in [1.82, 2.24) is 4.98 Å². The topological polar surface area (TPSA) is 102 Å². The van der Waals surface area contributed by atoms with Crippen molar-refractivity contribution in [3.05, 3.63) is 70.4 Å². The van der Waals surface area contributed by atoms with Gasteiger partial charge in [0.15, 0.2) is 0 Å². The molecule has 3 rings (SSSR count). The zero-order valence-electron chi connectivity index (χ0n) is 13.3. The highest BCUT2D eigenvalue weighted by Crippen LogP contribution is 2.37. The van der Waals surface area contributed by atoms with Gasteiger partial charge in [-0.15, -0.1) is 0 Å². The Bertz CT molecular complexity index is 1150. The Morgan fingerprint density at radius 2 is 1.81 bits per heavy atom. The van der Waals surface area contributed by atoms with Gasteiger partial charge in [0, 0.05) is 23.7 Å². The summed E-state index contributed by atoms with van der Waals surface area (Å²) in [7, 11) is -4.28. The van der Waals surface area contributed by atoms with Crippen LogP contribution in [0, 0.1) is 10.1 Å². The van der Waals surface area contributed by atoms with Gasteiger partial charge in [-0.05, 0) is 24.3 Å². The lowest BCUT2D eigenvalue weighted by Crippen LogP contribution is -2.14. The van der Waals surface area contributed by atoms with Crippen LogP contribution in [0.3, 0.4) is 0 Å². The lowest BCUT2D eigenvalue weighted by atomic mass is 10.1. The van der Waals surface area contributed by atoms with Crippen LogP contribution in [0.25, 0.3) is 10.9 Å². The zero-order valence-corrected chi connectivity index (χ0v) is 14.1. The van der Waals surface area contributed by atoms with Gasteiger partial charge in [0.05, 0.1) is 26.6 Å². The van der Waals surface area contributed by atoms with Crippen molar-refractivity contribution in [1.29, 1.82) is 0 Å². The molecule has 1 heterocycles. The number of rotatable bonds is 4. The van der Waals surface area contributed by atoms with Crippen LogP contribution in [0.1, 0.15) is 5.56 Å². The molecule has 0 unspecified atom stereocenters. The number of nitrogens with one attached hydrogen (secondary N) is 1. The van der Waals surface area contributed by atoms with Gasteiger partial charge in [0.25, 0.3) is 15.7 Å². The van der Waals surface area contributed by atoms with E-state index >= 15 is 0 Å². The molecule has 0 radical (unpaired) electrons. The molecule has 0 aliphatic heterocycles. The number of pyridine rings is 1. The van der Waals surface area contributed by atoms with E-state index in [0.29, 0.717) is 0 Å². The van der Waals surface area contributed by atoms with Crippen LogP contribution in [0.5, 0.6) is 0 Å². The van der Waals surface area contributed by atoms with Gasteiger partial charge in [0.1, 0.15) is 0 Å². The van der Waals surface area contributed by atoms with E-state index in [-0.39, 0.29) is 16.6 Å². The molecule has 0 aliphatic rings. The molecule has 0 aliphatic carbocycles. The smallest absolute Gasteiger partial charge is 0.277 e. The average molecular weight is 397 g/mol. The number of hydrogen-bond acceptors (Lipinski definition) is 5. The number of alkyl halides is 3. The third-order valence-corrected chi connectivity index (χ3v) is 5.02. The number of hydrogen-bond donors (Lipinski definition) is 1. The maximum atomic E-state index is 13.1. The first-order valence-corrected chi connectivity index (χ1v) is 8.80. The van der Waals surface area contributed by atoms with Crippen LogP contribution in [0.15, 0.2) is 59.6 Å². The fraction of sp³-hybridized carbons (Fsp3) is 0.0625. The largest absolute Gasteiger partial charge is 0.417 e. The van der Waals surface area contributed by atoms with Crippen LogP contribution < -0.4 is 4.72 Å². The van der Waals surface area contributed by atoms with Crippen molar-refractivity contribution in [3.8, 4) is 0 Å². The monoisotopic (exact) mass is 397 g/mol. The minimum Gasteiger partial charge on any atom is -0.277 e. The van der Waals surface area contributed by atoms with Gasteiger partial charge in [-0.25, -0.2) is 8.42 Å². The molecule has 0 atom stereocenters. The molecule has 0 saturated heterocycles. The van der Waals surface area contributed by atoms with Crippen LogP contribution in [-0.4, -0.2) is 18.3 Å². The highest BCUT2D eigenvalue weighted by molar-refractivity contribution is 7.92. The van der Waals surface area contributed by atoms with E-state index in [2.05, 4.69) is 9.71 Å². The van der Waals surface area contributed by atoms with Crippen molar-refractivity contribution < 1.29 is 26.5 Å². The number of anilines is 1. The Morgan fingerprint density at radius 1 is 1.07 bits per heavy atom. The van der Waals surface area contributed by atoms with Crippen LogP contribution in [0.2, 0.25) is 0 Å². The van der Waals surface area contributed by atoms with E-state index in [0.717, 1.165) is 30.3 Å². The average Bonchev–Trinajstić information content (AvgIpc) is 2.61. The second-order valence-electron chi connectivity index (χ2n) is 5.42. The van der Waals surface area contributed by atoms with Crippen LogP contribution in [-0.2, 0) is 16.2 Å².